The van der Waals surface area contributed by atoms with Crippen LogP contribution in [0.4, 0.5) is 0 Å². The quantitative estimate of drug-likeness (QED) is 0.665. The molecule has 0 N–H and O–H groups in total. The first-order valence-electron chi connectivity index (χ1n) is 6.14. The lowest BCUT2D eigenvalue weighted by Gasteiger charge is -2.07. The molecule has 0 fully saturated rings. The number of thiophene rings is 1. The second kappa shape index (κ2) is 5.31. The summed E-state index contributed by atoms with van der Waals surface area (Å²) in [5.41, 5.74) is 1.13. The molecule has 0 aliphatic heterocycles. The highest BCUT2D eigenvalue weighted by atomic mass is 35.5. The Balaban J connectivity index is 2.21. The minimum atomic E-state index is -0.409. The standard InChI is InChI=1S/C15H11ClO3S/c1-2-18-12-8-15(17)19-11-4-3-9(7-10(11)12)13-5-6-14(16)20-13/h3-8H,2H2,1H3. The van der Waals surface area contributed by atoms with Crippen LogP contribution in [-0.2, 0) is 0 Å². The number of benzene rings is 1. The minimum absolute atomic E-state index is 0.409. The van der Waals surface area contributed by atoms with Crippen LogP contribution in [0.25, 0.3) is 21.4 Å². The molecule has 3 aromatic rings. The van der Waals surface area contributed by atoms with E-state index in [1.54, 1.807) is 6.07 Å². The topological polar surface area (TPSA) is 39.4 Å². The highest BCUT2D eigenvalue weighted by molar-refractivity contribution is 7.19. The number of hydrogen-bond acceptors (Lipinski definition) is 4. The maximum absolute atomic E-state index is 11.5. The van der Waals surface area contributed by atoms with Gasteiger partial charge in [-0.15, -0.1) is 11.3 Å². The zero-order chi connectivity index (χ0) is 14.1. The van der Waals surface area contributed by atoms with Crippen LogP contribution in [0.5, 0.6) is 5.75 Å². The van der Waals surface area contributed by atoms with E-state index in [2.05, 4.69) is 0 Å². The molecule has 0 aliphatic rings. The van der Waals surface area contributed by atoms with Gasteiger partial charge in [-0.25, -0.2) is 4.79 Å². The van der Waals surface area contributed by atoms with Crippen molar-refractivity contribution in [2.24, 2.45) is 0 Å². The predicted molar refractivity (Wildman–Crippen MR) is 82.0 cm³/mol. The van der Waals surface area contributed by atoms with Crippen LogP contribution in [0, 0.1) is 0 Å². The molecule has 102 valence electrons. The Labute approximate surface area is 124 Å². The predicted octanol–water partition coefficient (Wildman–Crippen LogP) is 4.57. The van der Waals surface area contributed by atoms with Crippen LogP contribution in [0.3, 0.4) is 0 Å². The average molecular weight is 307 g/mol. The van der Waals surface area contributed by atoms with Gasteiger partial charge in [0.1, 0.15) is 11.3 Å². The summed E-state index contributed by atoms with van der Waals surface area (Å²) in [5.74, 6) is 0.545. The maximum atomic E-state index is 11.5. The van der Waals surface area contributed by atoms with E-state index in [0.717, 1.165) is 20.2 Å². The van der Waals surface area contributed by atoms with Crippen LogP contribution < -0.4 is 10.4 Å². The van der Waals surface area contributed by atoms with Crippen molar-refractivity contribution >= 4 is 33.9 Å². The summed E-state index contributed by atoms with van der Waals surface area (Å²) in [6.45, 7) is 2.37. The Hall–Kier alpha value is -1.78. The zero-order valence-electron chi connectivity index (χ0n) is 10.7. The first kappa shape index (κ1) is 13.2. The van der Waals surface area contributed by atoms with Gasteiger partial charge in [-0.3, -0.25) is 0 Å². The lowest BCUT2D eigenvalue weighted by atomic mass is 10.1. The van der Waals surface area contributed by atoms with Gasteiger partial charge in [0.05, 0.1) is 22.4 Å². The van der Waals surface area contributed by atoms with Crippen molar-refractivity contribution < 1.29 is 9.15 Å². The van der Waals surface area contributed by atoms with Crippen molar-refractivity contribution in [3.63, 3.8) is 0 Å². The van der Waals surface area contributed by atoms with Gasteiger partial charge in [0.15, 0.2) is 0 Å². The molecular formula is C15H11ClO3S. The number of halogens is 1. The molecule has 0 saturated heterocycles. The molecule has 2 aromatic heterocycles. The molecule has 0 amide bonds. The van der Waals surface area contributed by atoms with Gasteiger partial charge in [-0.2, -0.15) is 0 Å². The highest BCUT2D eigenvalue weighted by Gasteiger charge is 2.09. The molecule has 0 spiro atoms. The van der Waals surface area contributed by atoms with Crippen molar-refractivity contribution in [2.45, 2.75) is 6.92 Å². The van der Waals surface area contributed by atoms with Crippen LogP contribution in [0.15, 0.2) is 45.6 Å². The second-order valence-electron chi connectivity index (χ2n) is 4.18. The minimum Gasteiger partial charge on any atom is -0.493 e. The van der Waals surface area contributed by atoms with Gasteiger partial charge in [0.2, 0.25) is 0 Å². The van der Waals surface area contributed by atoms with Gasteiger partial charge in [0, 0.05) is 4.88 Å². The second-order valence-corrected chi connectivity index (χ2v) is 5.89. The number of ether oxygens (including phenoxy) is 1. The molecule has 2 heterocycles. The molecule has 1 aromatic carbocycles. The van der Waals surface area contributed by atoms with E-state index >= 15 is 0 Å². The molecule has 20 heavy (non-hydrogen) atoms. The van der Waals surface area contributed by atoms with Crippen molar-refractivity contribution in [1.82, 2.24) is 0 Å². The Kier molecular flexibility index (Phi) is 3.51. The third kappa shape index (κ3) is 2.44. The van der Waals surface area contributed by atoms with E-state index in [1.165, 1.54) is 17.4 Å². The molecule has 0 saturated carbocycles. The van der Waals surface area contributed by atoms with Gasteiger partial charge in [-0.1, -0.05) is 11.6 Å². The number of rotatable bonds is 3. The lowest BCUT2D eigenvalue weighted by molar-refractivity contribution is 0.341. The molecular weight excluding hydrogens is 296 g/mol. The number of hydrogen-bond donors (Lipinski definition) is 0. The molecule has 5 heteroatoms. The fraction of sp³-hybridized carbons (Fsp3) is 0.133. The van der Waals surface area contributed by atoms with Crippen LogP contribution in [0.2, 0.25) is 4.34 Å². The highest BCUT2D eigenvalue weighted by Crippen LogP contribution is 2.34. The Morgan fingerprint density at radius 2 is 2.10 bits per heavy atom. The summed E-state index contributed by atoms with van der Waals surface area (Å²) in [6, 6.07) is 10.8. The summed E-state index contributed by atoms with van der Waals surface area (Å²) >= 11 is 7.47. The van der Waals surface area contributed by atoms with Crippen molar-refractivity contribution in [3.8, 4) is 16.2 Å². The molecule has 0 atom stereocenters. The Morgan fingerprint density at radius 1 is 1.25 bits per heavy atom. The fourth-order valence-electron chi connectivity index (χ4n) is 2.03. The SMILES string of the molecule is CCOc1cc(=O)oc2ccc(-c3ccc(Cl)s3)cc12. The van der Waals surface area contributed by atoms with Gasteiger partial charge >= 0.3 is 5.63 Å². The first-order valence-corrected chi connectivity index (χ1v) is 7.33. The van der Waals surface area contributed by atoms with E-state index < -0.39 is 5.63 Å². The van der Waals surface area contributed by atoms with Crippen molar-refractivity contribution in [2.75, 3.05) is 6.61 Å². The smallest absolute Gasteiger partial charge is 0.339 e. The maximum Gasteiger partial charge on any atom is 0.339 e. The van der Waals surface area contributed by atoms with Crippen molar-refractivity contribution in [3.05, 3.63) is 51.2 Å². The molecule has 0 bridgehead atoms. The van der Waals surface area contributed by atoms with Crippen LogP contribution in [0.1, 0.15) is 6.92 Å². The molecule has 3 rings (SSSR count). The van der Waals surface area contributed by atoms with Gasteiger partial charge in [-0.05, 0) is 42.8 Å². The third-order valence-electron chi connectivity index (χ3n) is 2.86. The van der Waals surface area contributed by atoms with Crippen molar-refractivity contribution in [1.29, 1.82) is 0 Å². The molecule has 0 unspecified atom stereocenters. The van der Waals surface area contributed by atoms with Gasteiger partial charge in [0.25, 0.3) is 0 Å². The lowest BCUT2D eigenvalue weighted by Crippen LogP contribution is -2.01. The van der Waals surface area contributed by atoms with E-state index in [-0.39, 0.29) is 0 Å². The summed E-state index contributed by atoms with van der Waals surface area (Å²) < 4.78 is 11.4. The summed E-state index contributed by atoms with van der Waals surface area (Å²) in [7, 11) is 0. The van der Waals surface area contributed by atoms with Gasteiger partial charge < -0.3 is 9.15 Å². The monoisotopic (exact) mass is 306 g/mol. The largest absolute Gasteiger partial charge is 0.493 e. The normalized spacial score (nSPS) is 10.9. The third-order valence-corrected chi connectivity index (χ3v) is 4.14. The average Bonchev–Trinajstić information content (AvgIpc) is 2.85. The van der Waals surface area contributed by atoms with E-state index in [4.69, 9.17) is 20.8 Å². The van der Waals surface area contributed by atoms with Crippen LogP contribution >= 0.6 is 22.9 Å². The summed E-state index contributed by atoms with van der Waals surface area (Å²) in [5, 5.41) is 0.786. The molecule has 0 aliphatic carbocycles. The van der Waals surface area contributed by atoms with E-state index in [9.17, 15) is 4.79 Å². The first-order chi connectivity index (χ1) is 9.67. The summed E-state index contributed by atoms with van der Waals surface area (Å²) in [4.78, 5) is 12.5. The molecule has 3 nitrogen and oxygen atoms in total. The zero-order valence-corrected chi connectivity index (χ0v) is 12.3. The summed E-state index contributed by atoms with van der Waals surface area (Å²) in [6.07, 6.45) is 0. The van der Waals surface area contributed by atoms with E-state index in [0.29, 0.717) is 17.9 Å². The Morgan fingerprint density at radius 3 is 2.80 bits per heavy atom. The fourth-order valence-corrected chi connectivity index (χ4v) is 3.07. The number of fused-ring (bicyclic) bond motifs is 1. The van der Waals surface area contributed by atoms with E-state index in [1.807, 2.05) is 31.2 Å². The Bertz CT molecular complexity index is 819. The molecule has 0 radical (unpaired) electrons. The van der Waals surface area contributed by atoms with Crippen LogP contribution in [-0.4, -0.2) is 6.61 Å².